The van der Waals surface area contributed by atoms with E-state index in [2.05, 4.69) is 10.7 Å². The molecule has 0 radical (unpaired) electrons. The lowest BCUT2D eigenvalue weighted by atomic mass is 10.3. The van der Waals surface area contributed by atoms with Crippen LogP contribution in [0.3, 0.4) is 0 Å². The number of hydrogen-bond acceptors (Lipinski definition) is 5. The zero-order valence-electron chi connectivity index (χ0n) is 13.7. The predicted octanol–water partition coefficient (Wildman–Crippen LogP) is 1.51. The molecule has 2 rings (SSSR count). The van der Waals surface area contributed by atoms with Crippen LogP contribution in [0, 0.1) is 0 Å². The fourth-order valence-electron chi connectivity index (χ4n) is 1.76. The van der Waals surface area contributed by atoms with Crippen molar-refractivity contribution < 1.29 is 23.9 Å². The molecule has 0 heterocycles. The van der Waals surface area contributed by atoms with E-state index >= 15 is 0 Å². The maximum atomic E-state index is 11.7. The van der Waals surface area contributed by atoms with Crippen molar-refractivity contribution in [2.24, 2.45) is 0 Å². The summed E-state index contributed by atoms with van der Waals surface area (Å²) in [6, 6.07) is 12.8. The van der Waals surface area contributed by atoms with E-state index in [4.69, 9.17) is 21.1 Å². The second-order valence-electron chi connectivity index (χ2n) is 4.93. The van der Waals surface area contributed by atoms with E-state index in [9.17, 15) is 14.4 Å². The zero-order valence-corrected chi connectivity index (χ0v) is 14.5. The number of anilines is 1. The van der Waals surface area contributed by atoms with Crippen LogP contribution in [0.5, 0.6) is 11.5 Å². The Morgan fingerprint density at radius 3 is 2.12 bits per heavy atom. The van der Waals surface area contributed by atoms with Gasteiger partial charge in [-0.05, 0) is 48.5 Å². The number of carbonyl (C=O) groups excluding carboxylic acids is 3. The zero-order chi connectivity index (χ0) is 18.9. The summed E-state index contributed by atoms with van der Waals surface area (Å²) in [6.07, 6.45) is 0. The fraction of sp³-hybridized carbons (Fsp3) is 0.118. The molecule has 0 fully saturated rings. The Labute approximate surface area is 154 Å². The Morgan fingerprint density at radius 2 is 1.50 bits per heavy atom. The van der Waals surface area contributed by atoms with Crippen LogP contribution >= 0.6 is 11.6 Å². The molecule has 0 saturated carbocycles. The predicted molar refractivity (Wildman–Crippen MR) is 94.9 cm³/mol. The molecule has 0 aromatic heterocycles. The Hall–Kier alpha value is -3.26. The number of benzene rings is 2. The Bertz CT molecular complexity index is 778. The molecule has 0 bridgehead atoms. The van der Waals surface area contributed by atoms with Crippen molar-refractivity contribution in [2.45, 2.75) is 0 Å². The third-order valence-electron chi connectivity index (χ3n) is 3.05. The molecule has 3 N–H and O–H groups in total. The van der Waals surface area contributed by atoms with Gasteiger partial charge in [0.05, 0.1) is 7.11 Å². The van der Waals surface area contributed by atoms with E-state index < -0.39 is 17.7 Å². The van der Waals surface area contributed by atoms with Gasteiger partial charge in [-0.25, -0.2) is 0 Å². The van der Waals surface area contributed by atoms with Gasteiger partial charge in [0.25, 0.3) is 5.91 Å². The Morgan fingerprint density at radius 1 is 0.885 bits per heavy atom. The summed E-state index contributed by atoms with van der Waals surface area (Å²) >= 11 is 5.74. The fourth-order valence-corrected chi connectivity index (χ4v) is 1.89. The quantitative estimate of drug-likeness (QED) is 0.541. The van der Waals surface area contributed by atoms with Crippen LogP contribution in [0.2, 0.25) is 5.02 Å². The summed E-state index contributed by atoms with van der Waals surface area (Å²) in [7, 11) is 1.51. The van der Waals surface area contributed by atoms with E-state index in [-0.39, 0.29) is 6.61 Å². The molecule has 0 spiro atoms. The number of carbonyl (C=O) groups is 3. The minimum absolute atomic E-state index is 0.345. The summed E-state index contributed by atoms with van der Waals surface area (Å²) < 4.78 is 10.2. The number of ether oxygens (including phenoxy) is 2. The molecular formula is C17H16ClN3O5. The molecule has 0 saturated heterocycles. The Kier molecular flexibility index (Phi) is 6.81. The van der Waals surface area contributed by atoms with Crippen molar-refractivity contribution >= 4 is 35.0 Å². The summed E-state index contributed by atoms with van der Waals surface area (Å²) in [6.45, 7) is -0.345. The van der Waals surface area contributed by atoms with Crippen LogP contribution < -0.4 is 25.6 Å². The first-order valence-electron chi connectivity index (χ1n) is 7.40. The van der Waals surface area contributed by atoms with Crippen LogP contribution in [0.1, 0.15) is 0 Å². The van der Waals surface area contributed by atoms with Crippen molar-refractivity contribution in [1.82, 2.24) is 10.9 Å². The lowest BCUT2D eigenvalue weighted by molar-refractivity contribution is -0.138. The van der Waals surface area contributed by atoms with E-state index in [0.29, 0.717) is 22.2 Å². The van der Waals surface area contributed by atoms with E-state index in [1.54, 1.807) is 48.5 Å². The molecule has 3 amide bonds. The van der Waals surface area contributed by atoms with Gasteiger partial charge in [0, 0.05) is 10.7 Å². The van der Waals surface area contributed by atoms with E-state index in [1.165, 1.54) is 7.11 Å². The van der Waals surface area contributed by atoms with Gasteiger partial charge in [-0.3, -0.25) is 25.2 Å². The minimum Gasteiger partial charge on any atom is -0.497 e. The van der Waals surface area contributed by atoms with Crippen molar-refractivity contribution in [2.75, 3.05) is 19.0 Å². The number of hydrogen-bond donors (Lipinski definition) is 3. The van der Waals surface area contributed by atoms with Crippen molar-refractivity contribution in [1.29, 1.82) is 0 Å². The van der Waals surface area contributed by atoms with Crippen LogP contribution in [-0.4, -0.2) is 31.4 Å². The summed E-state index contributed by atoms with van der Waals surface area (Å²) in [5.74, 6) is -1.55. The average molecular weight is 378 g/mol. The molecule has 2 aromatic rings. The largest absolute Gasteiger partial charge is 0.497 e. The number of nitrogens with one attached hydrogen (secondary N) is 3. The molecule has 8 nitrogen and oxygen atoms in total. The second kappa shape index (κ2) is 9.28. The molecule has 0 aliphatic heterocycles. The van der Waals surface area contributed by atoms with Crippen LogP contribution in [0.15, 0.2) is 48.5 Å². The molecule has 26 heavy (non-hydrogen) atoms. The number of halogens is 1. The molecule has 136 valence electrons. The SMILES string of the molecule is COc1ccc(NC(=O)C(=O)NNC(=O)COc2ccc(Cl)cc2)cc1. The summed E-state index contributed by atoms with van der Waals surface area (Å²) in [4.78, 5) is 35.0. The molecule has 0 aliphatic carbocycles. The highest BCUT2D eigenvalue weighted by atomic mass is 35.5. The normalized spacial score (nSPS) is 9.77. The van der Waals surface area contributed by atoms with Gasteiger partial charge in [0.15, 0.2) is 6.61 Å². The number of hydrazine groups is 1. The topological polar surface area (TPSA) is 106 Å². The third kappa shape index (κ3) is 5.99. The molecule has 2 aromatic carbocycles. The van der Waals surface area contributed by atoms with Gasteiger partial charge in [0.1, 0.15) is 11.5 Å². The lowest BCUT2D eigenvalue weighted by Gasteiger charge is -2.09. The first kappa shape index (κ1) is 19.1. The van der Waals surface area contributed by atoms with Gasteiger partial charge in [-0.2, -0.15) is 0 Å². The number of amides is 3. The summed E-state index contributed by atoms with van der Waals surface area (Å²) in [5.41, 5.74) is 4.48. The minimum atomic E-state index is -1.03. The van der Waals surface area contributed by atoms with Crippen LogP contribution in [0.25, 0.3) is 0 Å². The van der Waals surface area contributed by atoms with Crippen LogP contribution in [0.4, 0.5) is 5.69 Å². The first-order valence-corrected chi connectivity index (χ1v) is 7.78. The van der Waals surface area contributed by atoms with Crippen molar-refractivity contribution in [3.8, 4) is 11.5 Å². The first-order chi connectivity index (χ1) is 12.5. The number of methoxy groups -OCH3 is 1. The Balaban J connectivity index is 1.73. The average Bonchev–Trinajstić information content (AvgIpc) is 2.66. The summed E-state index contributed by atoms with van der Waals surface area (Å²) in [5, 5.41) is 2.92. The van der Waals surface area contributed by atoms with Gasteiger partial charge < -0.3 is 14.8 Å². The van der Waals surface area contributed by atoms with Crippen molar-refractivity contribution in [3.63, 3.8) is 0 Å². The smallest absolute Gasteiger partial charge is 0.328 e. The molecule has 9 heteroatoms. The van der Waals surface area contributed by atoms with Gasteiger partial charge in [0.2, 0.25) is 0 Å². The number of rotatable bonds is 5. The monoisotopic (exact) mass is 377 g/mol. The maximum absolute atomic E-state index is 11.7. The van der Waals surface area contributed by atoms with Gasteiger partial charge >= 0.3 is 11.8 Å². The molecule has 0 atom stereocenters. The highest BCUT2D eigenvalue weighted by Gasteiger charge is 2.14. The lowest BCUT2D eigenvalue weighted by Crippen LogP contribution is -2.48. The standard InChI is InChI=1S/C17H16ClN3O5/c1-25-13-8-4-12(5-9-13)19-16(23)17(24)21-20-15(22)10-26-14-6-2-11(18)3-7-14/h2-9H,10H2,1H3,(H,19,23)(H,20,22)(H,21,24). The second-order valence-corrected chi connectivity index (χ2v) is 5.36. The van der Waals surface area contributed by atoms with Crippen LogP contribution in [-0.2, 0) is 14.4 Å². The highest BCUT2D eigenvalue weighted by Crippen LogP contribution is 2.15. The molecule has 0 aliphatic rings. The highest BCUT2D eigenvalue weighted by molar-refractivity contribution is 6.39. The molecular weight excluding hydrogens is 362 g/mol. The van der Waals surface area contributed by atoms with E-state index in [0.717, 1.165) is 0 Å². The van der Waals surface area contributed by atoms with Gasteiger partial charge in [-0.15, -0.1) is 0 Å². The maximum Gasteiger partial charge on any atom is 0.328 e. The third-order valence-corrected chi connectivity index (χ3v) is 3.31. The van der Waals surface area contributed by atoms with Crippen molar-refractivity contribution in [3.05, 3.63) is 53.6 Å². The molecule has 0 unspecified atom stereocenters. The van der Waals surface area contributed by atoms with Gasteiger partial charge in [-0.1, -0.05) is 11.6 Å². The van der Waals surface area contributed by atoms with E-state index in [1.807, 2.05) is 5.43 Å².